The second kappa shape index (κ2) is 10.4. The summed E-state index contributed by atoms with van der Waals surface area (Å²) in [5.41, 5.74) is 0.857. The molecule has 42 heavy (non-hydrogen) atoms. The molecule has 5 heterocycles. The zero-order valence-electron chi connectivity index (χ0n) is 24.0. The van der Waals surface area contributed by atoms with Gasteiger partial charge in [0.2, 0.25) is 0 Å². The Kier molecular flexibility index (Phi) is 6.50. The highest BCUT2D eigenvalue weighted by atomic mass is 19.1. The Morgan fingerprint density at radius 3 is 2.62 bits per heavy atom. The number of halogens is 2. The zero-order valence-corrected chi connectivity index (χ0v) is 24.0. The summed E-state index contributed by atoms with van der Waals surface area (Å²) in [5.74, 6) is 0.417. The lowest BCUT2D eigenvalue weighted by Gasteiger charge is -2.43. The molecule has 4 fully saturated rings. The van der Waals surface area contributed by atoms with Gasteiger partial charge in [-0.05, 0) is 68.7 Å². The molecule has 8 rings (SSSR count). The summed E-state index contributed by atoms with van der Waals surface area (Å²) < 4.78 is 38.2. The van der Waals surface area contributed by atoms with Crippen molar-refractivity contribution in [2.75, 3.05) is 37.7 Å². The number of piperidine rings is 3. The van der Waals surface area contributed by atoms with Crippen molar-refractivity contribution in [2.45, 2.75) is 63.8 Å². The van der Waals surface area contributed by atoms with Gasteiger partial charge >= 0.3 is 6.01 Å². The van der Waals surface area contributed by atoms with E-state index < -0.39 is 11.6 Å². The summed E-state index contributed by atoms with van der Waals surface area (Å²) in [7, 11) is 0. The normalized spacial score (nSPS) is 27.4. The van der Waals surface area contributed by atoms with Crippen molar-refractivity contribution in [1.82, 2.24) is 15.0 Å². The Bertz CT molecular complexity index is 1650. The molecule has 2 bridgehead atoms. The van der Waals surface area contributed by atoms with E-state index in [1.165, 1.54) is 51.3 Å². The van der Waals surface area contributed by atoms with E-state index in [4.69, 9.17) is 14.7 Å². The number of fused-ring (bicyclic) bond motifs is 5. The first kappa shape index (κ1) is 26.3. The van der Waals surface area contributed by atoms with Gasteiger partial charge in [0.05, 0.1) is 30.4 Å². The van der Waals surface area contributed by atoms with Crippen LogP contribution in [0.15, 0.2) is 42.6 Å². The third-order valence-electron chi connectivity index (χ3n) is 10.6. The molecule has 1 aliphatic carbocycles. The van der Waals surface area contributed by atoms with E-state index in [-0.39, 0.29) is 22.6 Å². The molecule has 2 atom stereocenters. The summed E-state index contributed by atoms with van der Waals surface area (Å²) in [5, 5.41) is 1.67. The lowest BCUT2D eigenvalue weighted by molar-refractivity contribution is -0.919. The van der Waals surface area contributed by atoms with Crippen LogP contribution in [0.25, 0.3) is 32.9 Å². The van der Waals surface area contributed by atoms with Crippen molar-refractivity contribution in [3.8, 4) is 17.3 Å². The minimum absolute atomic E-state index is 0.101. The summed E-state index contributed by atoms with van der Waals surface area (Å²) >= 11 is 0. The number of benzene rings is 2. The highest BCUT2D eigenvalue weighted by molar-refractivity contribution is 5.99. The third-order valence-corrected chi connectivity index (χ3v) is 10.6. The van der Waals surface area contributed by atoms with Crippen LogP contribution in [0.5, 0.6) is 6.01 Å². The van der Waals surface area contributed by atoms with E-state index >= 15 is 8.78 Å². The zero-order chi connectivity index (χ0) is 28.3. The fourth-order valence-corrected chi connectivity index (χ4v) is 8.68. The van der Waals surface area contributed by atoms with Gasteiger partial charge in [0.25, 0.3) is 0 Å². The standard InChI is InChI=1S/C34H37F2N5O/c35-26-12-2-9-23-8-1-11-24(28(23)26)30-29(36)31-25(19-37-30)32(41-18-4-10-22-7-3-13-27(22)41)39-33(38-31)42-21-34-14-5-16-40(20-34)17-6-15-34/h1-2,8-9,11-12,19,22,27H,3-7,10,13-18,20-21H2/p+1. The molecule has 218 valence electrons. The molecule has 3 aliphatic heterocycles. The number of ether oxygens (including phenoxy) is 1. The lowest BCUT2D eigenvalue weighted by Crippen LogP contribution is -3.15. The first-order chi connectivity index (χ1) is 20.6. The SMILES string of the molecule is Fc1c(-c2cccc3cccc(F)c23)ncc2c(N3CCCC4CCCC43)nc(OCC34CCC[NH+](CCC3)C4)nc12. The molecule has 4 aromatic rings. The molecule has 0 amide bonds. The van der Waals surface area contributed by atoms with Gasteiger partial charge in [-0.3, -0.25) is 4.98 Å². The van der Waals surface area contributed by atoms with E-state index in [0.29, 0.717) is 40.3 Å². The maximum absolute atomic E-state index is 16.7. The number of rotatable bonds is 5. The summed E-state index contributed by atoms with van der Waals surface area (Å²) in [6, 6.07) is 10.9. The Morgan fingerprint density at radius 2 is 1.76 bits per heavy atom. The summed E-state index contributed by atoms with van der Waals surface area (Å²) in [4.78, 5) is 18.4. The van der Waals surface area contributed by atoms with Gasteiger partial charge < -0.3 is 14.5 Å². The predicted octanol–water partition coefficient (Wildman–Crippen LogP) is 5.73. The number of hydrogen-bond donors (Lipinski definition) is 1. The average molecular weight is 571 g/mol. The summed E-state index contributed by atoms with van der Waals surface area (Å²) in [6.45, 7) is 5.05. The van der Waals surface area contributed by atoms with Gasteiger partial charge in [-0.15, -0.1) is 0 Å². The van der Waals surface area contributed by atoms with Crippen LogP contribution in [-0.2, 0) is 0 Å². The van der Waals surface area contributed by atoms with Crippen LogP contribution in [0.4, 0.5) is 14.6 Å². The molecule has 4 aliphatic rings. The first-order valence-corrected chi connectivity index (χ1v) is 15.9. The van der Waals surface area contributed by atoms with Crippen LogP contribution in [0.2, 0.25) is 0 Å². The number of pyridine rings is 1. The van der Waals surface area contributed by atoms with Crippen LogP contribution in [0, 0.1) is 23.0 Å². The first-order valence-electron chi connectivity index (χ1n) is 15.9. The molecule has 3 saturated heterocycles. The molecular weight excluding hydrogens is 532 g/mol. The van der Waals surface area contributed by atoms with Crippen molar-refractivity contribution in [3.05, 3.63) is 54.2 Å². The quantitative estimate of drug-likeness (QED) is 0.332. The number of nitrogens with one attached hydrogen (secondary N) is 1. The predicted molar refractivity (Wildman–Crippen MR) is 160 cm³/mol. The molecule has 1 N–H and O–H groups in total. The van der Waals surface area contributed by atoms with Crippen molar-refractivity contribution in [3.63, 3.8) is 0 Å². The maximum atomic E-state index is 16.7. The second-order valence-electron chi connectivity index (χ2n) is 13.2. The maximum Gasteiger partial charge on any atom is 0.319 e. The third kappa shape index (κ3) is 4.41. The molecule has 1 saturated carbocycles. The van der Waals surface area contributed by atoms with E-state index in [1.54, 1.807) is 23.2 Å². The van der Waals surface area contributed by atoms with Gasteiger partial charge in [0, 0.05) is 29.7 Å². The van der Waals surface area contributed by atoms with E-state index in [2.05, 4.69) is 9.88 Å². The fraction of sp³-hybridized carbons (Fsp3) is 0.500. The van der Waals surface area contributed by atoms with Gasteiger partial charge in [0.1, 0.15) is 29.5 Å². The number of anilines is 1. The Labute approximate surface area is 245 Å². The van der Waals surface area contributed by atoms with E-state index in [0.717, 1.165) is 44.6 Å². The second-order valence-corrected chi connectivity index (χ2v) is 13.2. The van der Waals surface area contributed by atoms with Crippen LogP contribution in [0.3, 0.4) is 0 Å². The Balaban J connectivity index is 1.25. The molecule has 0 radical (unpaired) electrons. The summed E-state index contributed by atoms with van der Waals surface area (Å²) in [6.07, 6.45) is 12.3. The molecular formula is C34H38F2N5O+. The van der Waals surface area contributed by atoms with Crippen molar-refractivity contribution >= 4 is 27.5 Å². The van der Waals surface area contributed by atoms with Gasteiger partial charge in [-0.25, -0.2) is 8.78 Å². The minimum Gasteiger partial charge on any atom is -0.463 e. The minimum atomic E-state index is -0.555. The largest absolute Gasteiger partial charge is 0.463 e. The highest BCUT2D eigenvalue weighted by Crippen LogP contribution is 2.42. The monoisotopic (exact) mass is 570 g/mol. The smallest absolute Gasteiger partial charge is 0.319 e. The van der Waals surface area contributed by atoms with Crippen LogP contribution in [0.1, 0.15) is 57.8 Å². The van der Waals surface area contributed by atoms with Gasteiger partial charge in [0.15, 0.2) is 5.82 Å². The topological polar surface area (TPSA) is 55.6 Å². The molecule has 8 heteroatoms. The number of hydrogen-bond acceptors (Lipinski definition) is 5. The molecule has 2 unspecified atom stereocenters. The van der Waals surface area contributed by atoms with Crippen molar-refractivity contribution < 1.29 is 18.4 Å². The van der Waals surface area contributed by atoms with Crippen LogP contribution < -0.4 is 14.5 Å². The van der Waals surface area contributed by atoms with Crippen molar-refractivity contribution in [2.24, 2.45) is 11.3 Å². The Hall–Kier alpha value is -3.39. The van der Waals surface area contributed by atoms with Gasteiger partial charge in [-0.1, -0.05) is 36.8 Å². The molecule has 0 spiro atoms. The molecule has 2 aromatic heterocycles. The lowest BCUT2D eigenvalue weighted by atomic mass is 9.74. The highest BCUT2D eigenvalue weighted by Gasteiger charge is 2.42. The fourth-order valence-electron chi connectivity index (χ4n) is 8.68. The van der Waals surface area contributed by atoms with Crippen LogP contribution in [-0.4, -0.2) is 53.8 Å². The van der Waals surface area contributed by atoms with Gasteiger partial charge in [-0.2, -0.15) is 9.97 Å². The van der Waals surface area contributed by atoms with E-state index in [1.807, 2.05) is 18.2 Å². The molecule has 2 aromatic carbocycles. The van der Waals surface area contributed by atoms with Crippen molar-refractivity contribution in [1.29, 1.82) is 0 Å². The Morgan fingerprint density at radius 1 is 0.952 bits per heavy atom. The number of nitrogens with zero attached hydrogens (tertiary/aromatic N) is 4. The number of quaternary nitrogens is 1. The molecule has 6 nitrogen and oxygen atoms in total. The van der Waals surface area contributed by atoms with E-state index in [9.17, 15) is 0 Å². The average Bonchev–Trinajstić information content (AvgIpc) is 3.50. The van der Waals surface area contributed by atoms with Crippen LogP contribution >= 0.6 is 0 Å². The number of aromatic nitrogens is 3.